The average Bonchev–Trinajstić information content (AvgIpc) is 3.76. The fraction of sp³-hybridized carbons (Fsp3) is 0.806. The van der Waals surface area contributed by atoms with Crippen LogP contribution < -0.4 is 21.7 Å². The van der Waals surface area contributed by atoms with Gasteiger partial charge in [-0.25, -0.2) is 4.79 Å². The van der Waals surface area contributed by atoms with E-state index in [2.05, 4.69) is 29.8 Å². The summed E-state index contributed by atoms with van der Waals surface area (Å²) in [5.74, 6) is -2.61. The molecule has 0 bridgehead atoms. The molecule has 0 spiro atoms. The van der Waals surface area contributed by atoms with Gasteiger partial charge in [0.1, 0.15) is 12.1 Å². The van der Waals surface area contributed by atoms with Crippen LogP contribution >= 0.6 is 0 Å². The van der Waals surface area contributed by atoms with Crippen LogP contribution in [0.3, 0.4) is 0 Å². The van der Waals surface area contributed by atoms with Crippen molar-refractivity contribution in [3.63, 3.8) is 0 Å². The Bertz CT molecular complexity index is 1120. The standard InChI is InChI=1S/C31H49N5O6/c1-16(37)22(18-10-8-7-9-11-18)34-29(42)35-25(30(2,3)4)28(41)36-15-19-21(31(19,5)6)23(36)27(40)33-20(14-17-12-13-17)24(38)26(32)39/h17-23,25H,7-15H2,1-6H3,(H2,32,39)(H,33,40)(H2,34,35,42)/t19-,20?,21?,22+,23-,25+/m0/s1. The Morgan fingerprint density at radius 3 is 2.07 bits per heavy atom. The zero-order valence-corrected chi connectivity index (χ0v) is 26.0. The predicted molar refractivity (Wildman–Crippen MR) is 156 cm³/mol. The average molecular weight is 588 g/mol. The predicted octanol–water partition coefficient (Wildman–Crippen LogP) is 2.06. The van der Waals surface area contributed by atoms with Crippen molar-refractivity contribution in [3.05, 3.63) is 0 Å². The number of hydrogen-bond acceptors (Lipinski definition) is 6. The maximum Gasteiger partial charge on any atom is 0.316 e. The minimum absolute atomic E-state index is 0.0680. The zero-order valence-electron chi connectivity index (χ0n) is 26.0. The lowest BCUT2D eigenvalue weighted by Gasteiger charge is -2.38. The van der Waals surface area contributed by atoms with E-state index in [9.17, 15) is 28.8 Å². The number of Topliss-reactive ketones (excluding diaryl/α,β-unsaturated/α-hetero) is 2. The Hall–Kier alpha value is -2.98. The SMILES string of the molecule is CC(=O)[C@@H](NC(=O)N[C@H](C(=O)N1C[C@H]2C([C@H]1C(=O)NC(CC1CC1)C(=O)C(N)=O)C2(C)C)C(C)(C)C)C1CCCCC1. The van der Waals surface area contributed by atoms with Gasteiger partial charge in [0.2, 0.25) is 17.6 Å². The summed E-state index contributed by atoms with van der Waals surface area (Å²) in [6, 6.07) is -4.04. The van der Waals surface area contributed by atoms with Gasteiger partial charge < -0.3 is 26.6 Å². The van der Waals surface area contributed by atoms with Crippen LogP contribution in [0, 0.1) is 34.5 Å². The quantitative estimate of drug-likeness (QED) is 0.270. The van der Waals surface area contributed by atoms with E-state index in [1.807, 2.05) is 20.8 Å². The molecule has 4 aliphatic rings. The molecule has 5 N–H and O–H groups in total. The number of fused-ring (bicyclic) bond motifs is 1. The minimum atomic E-state index is -1.09. The molecular weight excluding hydrogens is 538 g/mol. The topological polar surface area (TPSA) is 168 Å². The van der Waals surface area contributed by atoms with E-state index < -0.39 is 59.1 Å². The summed E-state index contributed by atoms with van der Waals surface area (Å²) in [5.41, 5.74) is 4.40. The molecule has 0 aromatic carbocycles. The number of amides is 5. The molecule has 3 aliphatic carbocycles. The van der Waals surface area contributed by atoms with E-state index in [0.29, 0.717) is 13.0 Å². The number of ketones is 2. The molecular formula is C31H49N5O6. The van der Waals surface area contributed by atoms with Gasteiger partial charge in [-0.15, -0.1) is 0 Å². The van der Waals surface area contributed by atoms with Crippen molar-refractivity contribution >= 4 is 35.3 Å². The molecule has 1 aliphatic heterocycles. The highest BCUT2D eigenvalue weighted by atomic mass is 16.2. The smallest absolute Gasteiger partial charge is 0.316 e. The second kappa shape index (κ2) is 12.0. The zero-order chi connectivity index (χ0) is 31.1. The van der Waals surface area contributed by atoms with Crippen LogP contribution in [0.1, 0.15) is 92.9 Å². The van der Waals surface area contributed by atoms with E-state index in [-0.39, 0.29) is 34.9 Å². The first-order valence-corrected chi connectivity index (χ1v) is 15.6. The molecule has 42 heavy (non-hydrogen) atoms. The van der Waals surface area contributed by atoms with Crippen LogP contribution in [0.25, 0.3) is 0 Å². The van der Waals surface area contributed by atoms with Crippen molar-refractivity contribution < 1.29 is 28.8 Å². The van der Waals surface area contributed by atoms with Gasteiger partial charge >= 0.3 is 6.03 Å². The molecule has 3 saturated carbocycles. The molecule has 0 aromatic heterocycles. The first-order chi connectivity index (χ1) is 19.5. The summed E-state index contributed by atoms with van der Waals surface area (Å²) in [7, 11) is 0. The molecule has 1 saturated heterocycles. The third-order valence-electron chi connectivity index (χ3n) is 10.1. The third kappa shape index (κ3) is 6.80. The highest BCUT2D eigenvalue weighted by Gasteiger charge is 2.70. The summed E-state index contributed by atoms with van der Waals surface area (Å²) in [6.07, 6.45) is 7.10. The first kappa shape index (κ1) is 31.9. The number of rotatable bonds is 11. The van der Waals surface area contributed by atoms with Crippen LogP contribution in [0.2, 0.25) is 0 Å². The lowest BCUT2D eigenvalue weighted by atomic mass is 9.82. The number of hydrogen-bond donors (Lipinski definition) is 4. The number of carbonyl (C=O) groups is 6. The van der Waals surface area contributed by atoms with Crippen LogP contribution in [-0.2, 0) is 24.0 Å². The van der Waals surface area contributed by atoms with Gasteiger partial charge in [0.05, 0.1) is 12.1 Å². The molecule has 0 aromatic rings. The second-order valence-electron chi connectivity index (χ2n) is 14.8. The molecule has 5 amide bonds. The van der Waals surface area contributed by atoms with Crippen LogP contribution in [-0.4, -0.2) is 70.9 Å². The first-order valence-electron chi connectivity index (χ1n) is 15.6. The minimum Gasteiger partial charge on any atom is -0.363 e. The Labute approximate surface area is 248 Å². The maximum absolute atomic E-state index is 14.2. The van der Waals surface area contributed by atoms with Crippen LogP contribution in [0.5, 0.6) is 0 Å². The molecule has 11 heteroatoms. The van der Waals surface area contributed by atoms with Gasteiger partial charge in [-0.2, -0.15) is 0 Å². The van der Waals surface area contributed by atoms with Crippen molar-refractivity contribution in [2.45, 2.75) is 117 Å². The highest BCUT2D eigenvalue weighted by Crippen LogP contribution is 2.65. The van der Waals surface area contributed by atoms with Crippen LogP contribution in [0.15, 0.2) is 0 Å². The lowest BCUT2D eigenvalue weighted by molar-refractivity contribution is -0.145. The number of nitrogens with one attached hydrogen (secondary N) is 3. The Balaban J connectivity index is 1.51. The maximum atomic E-state index is 14.2. The number of likely N-dealkylation sites (tertiary alicyclic amines) is 1. The van der Waals surface area contributed by atoms with Gasteiger partial charge in [0.15, 0.2) is 5.78 Å². The summed E-state index contributed by atoms with van der Waals surface area (Å²) in [5, 5.41) is 8.44. The molecule has 1 heterocycles. The number of urea groups is 1. The fourth-order valence-electron chi connectivity index (χ4n) is 7.31. The largest absolute Gasteiger partial charge is 0.363 e. The number of nitrogens with two attached hydrogens (primary N) is 1. The van der Waals surface area contributed by atoms with Crippen LogP contribution in [0.4, 0.5) is 4.79 Å². The van der Waals surface area contributed by atoms with Crippen molar-refractivity contribution in [2.75, 3.05) is 6.54 Å². The fourth-order valence-corrected chi connectivity index (χ4v) is 7.31. The normalized spacial score (nSPS) is 27.2. The van der Waals surface area contributed by atoms with Gasteiger partial charge in [0.25, 0.3) is 5.91 Å². The second-order valence-corrected chi connectivity index (χ2v) is 14.8. The molecule has 234 valence electrons. The summed E-state index contributed by atoms with van der Waals surface area (Å²) in [4.78, 5) is 79.4. The van der Waals surface area contributed by atoms with Crippen molar-refractivity contribution in [2.24, 2.45) is 40.2 Å². The van der Waals surface area contributed by atoms with Gasteiger partial charge in [-0.05, 0) is 60.7 Å². The number of piperidine rings is 1. The monoisotopic (exact) mass is 587 g/mol. The lowest BCUT2D eigenvalue weighted by Crippen LogP contribution is -2.62. The molecule has 11 nitrogen and oxygen atoms in total. The van der Waals surface area contributed by atoms with Gasteiger partial charge in [0, 0.05) is 6.54 Å². The molecule has 0 radical (unpaired) electrons. The van der Waals surface area contributed by atoms with Gasteiger partial charge in [-0.1, -0.05) is 66.7 Å². The Kier molecular flexibility index (Phi) is 9.09. The van der Waals surface area contributed by atoms with Crippen molar-refractivity contribution in [3.8, 4) is 0 Å². The van der Waals surface area contributed by atoms with Gasteiger partial charge in [-0.3, -0.25) is 24.0 Å². The Morgan fingerprint density at radius 2 is 1.55 bits per heavy atom. The summed E-state index contributed by atoms with van der Waals surface area (Å²) < 4.78 is 0. The highest BCUT2D eigenvalue weighted by molar-refractivity contribution is 6.37. The number of nitrogens with zero attached hydrogens (tertiary/aromatic N) is 1. The van der Waals surface area contributed by atoms with E-state index >= 15 is 0 Å². The molecule has 2 unspecified atom stereocenters. The van der Waals surface area contributed by atoms with Crippen molar-refractivity contribution in [1.82, 2.24) is 20.9 Å². The van der Waals surface area contributed by atoms with E-state index in [4.69, 9.17) is 5.73 Å². The Morgan fingerprint density at radius 1 is 0.929 bits per heavy atom. The summed E-state index contributed by atoms with van der Waals surface area (Å²) >= 11 is 0. The number of primary amides is 1. The number of carbonyl (C=O) groups excluding carboxylic acids is 6. The molecule has 6 atom stereocenters. The molecule has 4 fully saturated rings. The van der Waals surface area contributed by atoms with E-state index in [1.54, 1.807) is 0 Å². The van der Waals surface area contributed by atoms with E-state index in [0.717, 1.165) is 44.9 Å². The molecule has 4 rings (SSSR count). The third-order valence-corrected chi connectivity index (χ3v) is 10.1. The van der Waals surface area contributed by atoms with E-state index in [1.165, 1.54) is 11.8 Å². The van der Waals surface area contributed by atoms with Crippen molar-refractivity contribution in [1.29, 1.82) is 0 Å². The summed E-state index contributed by atoms with van der Waals surface area (Å²) in [6.45, 7) is 11.5.